The van der Waals surface area contributed by atoms with Crippen LogP contribution < -0.4 is 5.32 Å². The molecule has 1 atom stereocenters. The average Bonchev–Trinajstić information content (AvgIpc) is 3.07. The van der Waals surface area contributed by atoms with Crippen LogP contribution in [0.25, 0.3) is 10.4 Å². The predicted molar refractivity (Wildman–Crippen MR) is 92.7 cm³/mol. The summed E-state index contributed by atoms with van der Waals surface area (Å²) in [5.41, 5.74) is 2.08. The number of carbonyl (C=O) groups is 1. The Balaban J connectivity index is 1.46. The molecular weight excluding hydrogens is 306 g/mol. The molecule has 23 heavy (non-hydrogen) atoms. The molecule has 1 unspecified atom stereocenters. The molecule has 4 nitrogen and oxygen atoms in total. The van der Waals surface area contributed by atoms with Crippen molar-refractivity contribution in [1.29, 1.82) is 0 Å². The lowest BCUT2D eigenvalue weighted by atomic mass is 9.84. The van der Waals surface area contributed by atoms with Crippen molar-refractivity contribution in [3.63, 3.8) is 0 Å². The number of nitrogens with one attached hydrogen (secondary N) is 1. The van der Waals surface area contributed by atoms with Gasteiger partial charge in [-0.25, -0.2) is 0 Å². The van der Waals surface area contributed by atoms with Crippen LogP contribution in [-0.2, 0) is 0 Å². The van der Waals surface area contributed by atoms with E-state index in [1.807, 2.05) is 31.3 Å². The van der Waals surface area contributed by atoms with E-state index in [9.17, 15) is 4.79 Å². The van der Waals surface area contributed by atoms with Gasteiger partial charge >= 0.3 is 0 Å². The number of amides is 1. The van der Waals surface area contributed by atoms with Gasteiger partial charge in [0.05, 0.1) is 4.88 Å². The molecule has 3 saturated heterocycles. The zero-order valence-electron chi connectivity index (χ0n) is 13.3. The van der Waals surface area contributed by atoms with Crippen molar-refractivity contribution >= 4 is 17.2 Å². The van der Waals surface area contributed by atoms with E-state index in [2.05, 4.69) is 21.3 Å². The molecule has 3 aliphatic heterocycles. The molecule has 5 heterocycles. The van der Waals surface area contributed by atoms with E-state index in [4.69, 9.17) is 0 Å². The highest BCUT2D eigenvalue weighted by molar-refractivity contribution is 7.17. The van der Waals surface area contributed by atoms with Crippen molar-refractivity contribution in [1.82, 2.24) is 15.2 Å². The highest BCUT2D eigenvalue weighted by Crippen LogP contribution is 2.30. The second-order valence-corrected chi connectivity index (χ2v) is 7.65. The fourth-order valence-electron chi connectivity index (χ4n) is 3.60. The van der Waals surface area contributed by atoms with Gasteiger partial charge in [0.2, 0.25) is 0 Å². The van der Waals surface area contributed by atoms with Gasteiger partial charge in [-0.3, -0.25) is 9.78 Å². The highest BCUT2D eigenvalue weighted by atomic mass is 32.1. The van der Waals surface area contributed by atoms with Gasteiger partial charge in [-0.1, -0.05) is 6.07 Å². The summed E-state index contributed by atoms with van der Waals surface area (Å²) in [5.74, 6) is 0.727. The summed E-state index contributed by atoms with van der Waals surface area (Å²) in [7, 11) is 0. The maximum Gasteiger partial charge on any atom is 0.261 e. The third-order valence-corrected chi connectivity index (χ3v) is 6.13. The van der Waals surface area contributed by atoms with E-state index < -0.39 is 0 Å². The first-order chi connectivity index (χ1) is 11.2. The smallest absolute Gasteiger partial charge is 0.261 e. The molecule has 0 radical (unpaired) electrons. The monoisotopic (exact) mass is 327 g/mol. The highest BCUT2D eigenvalue weighted by Gasteiger charge is 2.35. The Morgan fingerprint density at radius 1 is 1.26 bits per heavy atom. The summed E-state index contributed by atoms with van der Waals surface area (Å²) in [5, 5.41) is 3.25. The van der Waals surface area contributed by atoms with Gasteiger partial charge in [0, 0.05) is 34.9 Å². The third-order valence-electron chi connectivity index (χ3n) is 5.00. The lowest BCUT2D eigenvalue weighted by Crippen LogP contribution is -2.57. The number of carbonyl (C=O) groups excluding carboxylic acids is 1. The van der Waals surface area contributed by atoms with Crippen molar-refractivity contribution < 1.29 is 4.79 Å². The SMILES string of the molecule is Cc1ccc(-c2ccc(C(=O)NC3CN4CCC3CC4)s2)cn1. The van der Waals surface area contributed by atoms with E-state index in [0.29, 0.717) is 12.0 Å². The number of thiophene rings is 1. The number of aryl methyl sites for hydroxylation is 1. The molecule has 0 spiro atoms. The van der Waals surface area contributed by atoms with Crippen LogP contribution >= 0.6 is 11.3 Å². The fraction of sp³-hybridized carbons (Fsp3) is 0.444. The van der Waals surface area contributed by atoms with Gasteiger partial charge in [-0.15, -0.1) is 11.3 Å². The van der Waals surface area contributed by atoms with Gasteiger partial charge in [0.1, 0.15) is 0 Å². The van der Waals surface area contributed by atoms with E-state index in [0.717, 1.165) is 27.6 Å². The van der Waals surface area contributed by atoms with Crippen LogP contribution in [0.2, 0.25) is 0 Å². The second-order valence-electron chi connectivity index (χ2n) is 6.57. The number of hydrogen-bond donors (Lipinski definition) is 1. The van der Waals surface area contributed by atoms with Crippen molar-refractivity contribution in [3.05, 3.63) is 41.0 Å². The molecular formula is C18H21N3OS. The van der Waals surface area contributed by atoms with Crippen molar-refractivity contribution in [2.45, 2.75) is 25.8 Å². The third kappa shape index (κ3) is 3.03. The maximum atomic E-state index is 12.6. The zero-order chi connectivity index (χ0) is 15.8. The minimum absolute atomic E-state index is 0.0695. The summed E-state index contributed by atoms with van der Waals surface area (Å²) in [4.78, 5) is 21.2. The molecule has 2 aromatic heterocycles. The molecule has 1 amide bonds. The van der Waals surface area contributed by atoms with Crippen LogP contribution in [0.1, 0.15) is 28.2 Å². The van der Waals surface area contributed by atoms with E-state index in [1.54, 1.807) is 11.3 Å². The van der Waals surface area contributed by atoms with Crippen LogP contribution in [0.5, 0.6) is 0 Å². The largest absolute Gasteiger partial charge is 0.347 e. The molecule has 2 bridgehead atoms. The number of rotatable bonds is 3. The van der Waals surface area contributed by atoms with Crippen LogP contribution in [0.15, 0.2) is 30.5 Å². The zero-order valence-corrected chi connectivity index (χ0v) is 14.1. The quantitative estimate of drug-likeness (QED) is 0.943. The van der Waals surface area contributed by atoms with Gasteiger partial charge in [0.25, 0.3) is 5.91 Å². The fourth-order valence-corrected chi connectivity index (χ4v) is 4.50. The number of pyridine rings is 1. The average molecular weight is 327 g/mol. The molecule has 1 N–H and O–H groups in total. The lowest BCUT2D eigenvalue weighted by molar-refractivity contribution is 0.0622. The molecule has 0 aromatic carbocycles. The lowest BCUT2D eigenvalue weighted by Gasteiger charge is -2.44. The molecule has 5 rings (SSSR count). The summed E-state index contributed by atoms with van der Waals surface area (Å²) in [6.07, 6.45) is 4.31. The number of hydrogen-bond acceptors (Lipinski definition) is 4. The number of piperidine rings is 3. The predicted octanol–water partition coefficient (Wildman–Crippen LogP) is 2.94. The summed E-state index contributed by atoms with van der Waals surface area (Å²) < 4.78 is 0. The van der Waals surface area contributed by atoms with Crippen LogP contribution in [-0.4, -0.2) is 41.5 Å². The van der Waals surface area contributed by atoms with Crippen LogP contribution in [0, 0.1) is 12.8 Å². The first-order valence-electron chi connectivity index (χ1n) is 8.25. The van der Waals surface area contributed by atoms with E-state index >= 15 is 0 Å². The second kappa shape index (κ2) is 6.06. The Morgan fingerprint density at radius 2 is 2.09 bits per heavy atom. The summed E-state index contributed by atoms with van der Waals surface area (Å²) in [6.45, 7) is 5.38. The van der Waals surface area contributed by atoms with Gasteiger partial charge in [-0.05, 0) is 57.0 Å². The van der Waals surface area contributed by atoms with E-state index in [-0.39, 0.29) is 5.91 Å². The first kappa shape index (κ1) is 14.8. The Kier molecular flexibility index (Phi) is 3.91. The Morgan fingerprint density at radius 3 is 2.74 bits per heavy atom. The Labute approximate surface area is 140 Å². The summed E-state index contributed by atoms with van der Waals surface area (Å²) in [6, 6.07) is 8.32. The number of aromatic nitrogens is 1. The maximum absolute atomic E-state index is 12.6. The Hall–Kier alpha value is -1.72. The normalized spacial score (nSPS) is 26.2. The molecule has 3 fully saturated rings. The van der Waals surface area contributed by atoms with Gasteiger partial charge in [-0.2, -0.15) is 0 Å². The van der Waals surface area contributed by atoms with E-state index in [1.165, 1.54) is 25.9 Å². The van der Waals surface area contributed by atoms with Gasteiger partial charge < -0.3 is 10.2 Å². The minimum atomic E-state index is 0.0695. The number of fused-ring (bicyclic) bond motifs is 3. The topological polar surface area (TPSA) is 45.2 Å². The molecule has 2 aromatic rings. The minimum Gasteiger partial charge on any atom is -0.347 e. The molecule has 120 valence electrons. The van der Waals surface area contributed by atoms with Gasteiger partial charge in [0.15, 0.2) is 0 Å². The molecule has 5 heteroatoms. The summed E-state index contributed by atoms with van der Waals surface area (Å²) >= 11 is 1.54. The number of nitrogens with zero attached hydrogens (tertiary/aromatic N) is 2. The van der Waals surface area contributed by atoms with Crippen LogP contribution in [0.3, 0.4) is 0 Å². The molecule has 0 aliphatic carbocycles. The van der Waals surface area contributed by atoms with Crippen molar-refractivity contribution in [2.75, 3.05) is 19.6 Å². The molecule has 3 aliphatic rings. The molecule has 0 saturated carbocycles. The van der Waals surface area contributed by atoms with Crippen molar-refractivity contribution in [2.24, 2.45) is 5.92 Å². The van der Waals surface area contributed by atoms with Crippen molar-refractivity contribution in [3.8, 4) is 10.4 Å². The standard InChI is InChI=1S/C18H21N3OS/c1-12-2-3-14(10-19-12)16-4-5-17(23-16)18(22)20-15-11-21-8-6-13(15)7-9-21/h2-5,10,13,15H,6-9,11H2,1H3,(H,20,22). The Bertz CT molecular complexity index is 701. The van der Waals surface area contributed by atoms with Crippen LogP contribution in [0.4, 0.5) is 0 Å². The first-order valence-corrected chi connectivity index (χ1v) is 9.07.